The first kappa shape index (κ1) is 11.6. The smallest absolute Gasteiger partial charge is 0.179 e. The maximum atomic E-state index is 9.94. The third-order valence-electron chi connectivity index (χ3n) is 3.26. The fourth-order valence-electron chi connectivity index (χ4n) is 2.28. The Morgan fingerprint density at radius 2 is 2.00 bits per heavy atom. The Bertz CT molecular complexity index is 556. The van der Waals surface area contributed by atoms with Crippen LogP contribution in [0.15, 0.2) is 30.5 Å². The van der Waals surface area contributed by atoms with Crippen LogP contribution in [0, 0.1) is 0 Å². The molecular formula is C12H14N2O4. The van der Waals surface area contributed by atoms with E-state index < -0.39 is 24.5 Å². The molecule has 4 atom stereocenters. The van der Waals surface area contributed by atoms with E-state index in [-0.39, 0.29) is 6.61 Å². The van der Waals surface area contributed by atoms with Crippen LogP contribution in [0.2, 0.25) is 0 Å². The number of fused-ring (bicyclic) bond motifs is 1. The molecule has 1 aliphatic rings. The first-order valence-electron chi connectivity index (χ1n) is 5.77. The minimum absolute atomic E-state index is 0.339. The number of aromatic nitrogens is 2. The predicted molar refractivity (Wildman–Crippen MR) is 62.7 cm³/mol. The van der Waals surface area contributed by atoms with E-state index in [9.17, 15) is 10.2 Å². The second-order valence-electron chi connectivity index (χ2n) is 4.38. The summed E-state index contributed by atoms with van der Waals surface area (Å²) in [5, 5.41) is 33.8. The molecule has 96 valence electrons. The van der Waals surface area contributed by atoms with Crippen molar-refractivity contribution in [2.75, 3.05) is 6.61 Å². The lowest BCUT2D eigenvalue weighted by Crippen LogP contribution is -2.33. The van der Waals surface area contributed by atoms with Crippen LogP contribution in [0.5, 0.6) is 0 Å². The third-order valence-corrected chi connectivity index (χ3v) is 3.26. The highest BCUT2D eigenvalue weighted by molar-refractivity contribution is 5.78. The SMILES string of the molecule is OC[C@H]1O[C@@H](n2ncc3ccccc32)[C@H](O)[C@@H]1O. The van der Waals surface area contributed by atoms with E-state index in [0.29, 0.717) is 0 Å². The Hall–Kier alpha value is -1.47. The van der Waals surface area contributed by atoms with Gasteiger partial charge in [-0.2, -0.15) is 5.10 Å². The zero-order chi connectivity index (χ0) is 12.7. The molecule has 18 heavy (non-hydrogen) atoms. The normalized spacial score (nSPS) is 32.2. The van der Waals surface area contributed by atoms with Crippen molar-refractivity contribution in [3.63, 3.8) is 0 Å². The zero-order valence-electron chi connectivity index (χ0n) is 9.55. The predicted octanol–water partition coefficient (Wildman–Crippen LogP) is -0.352. The van der Waals surface area contributed by atoms with E-state index in [1.54, 1.807) is 6.20 Å². The van der Waals surface area contributed by atoms with Crippen molar-refractivity contribution in [1.82, 2.24) is 9.78 Å². The van der Waals surface area contributed by atoms with Gasteiger partial charge >= 0.3 is 0 Å². The molecule has 3 rings (SSSR count). The Balaban J connectivity index is 2.00. The lowest BCUT2D eigenvalue weighted by molar-refractivity contribution is -0.0564. The van der Waals surface area contributed by atoms with Crippen molar-refractivity contribution in [2.45, 2.75) is 24.5 Å². The summed E-state index contributed by atoms with van der Waals surface area (Å²) in [5.74, 6) is 0. The molecule has 0 amide bonds. The van der Waals surface area contributed by atoms with Gasteiger partial charge in [-0.25, -0.2) is 4.68 Å². The summed E-state index contributed by atoms with van der Waals surface area (Å²) in [6.07, 6.45) is -2.11. The molecular weight excluding hydrogens is 236 g/mol. The first-order valence-corrected chi connectivity index (χ1v) is 5.77. The Morgan fingerprint density at radius 1 is 1.22 bits per heavy atom. The van der Waals surface area contributed by atoms with E-state index in [1.165, 1.54) is 4.68 Å². The monoisotopic (exact) mass is 250 g/mol. The molecule has 1 aliphatic heterocycles. The van der Waals surface area contributed by atoms with Gasteiger partial charge in [0.05, 0.1) is 18.3 Å². The highest BCUT2D eigenvalue weighted by atomic mass is 16.6. The van der Waals surface area contributed by atoms with E-state index in [1.807, 2.05) is 24.3 Å². The fraction of sp³-hybridized carbons (Fsp3) is 0.417. The van der Waals surface area contributed by atoms with Crippen LogP contribution >= 0.6 is 0 Å². The average Bonchev–Trinajstić information content (AvgIpc) is 2.93. The number of rotatable bonds is 2. The van der Waals surface area contributed by atoms with Gasteiger partial charge in [-0.15, -0.1) is 0 Å². The minimum Gasteiger partial charge on any atom is -0.394 e. The summed E-state index contributed by atoms with van der Waals surface area (Å²) in [6, 6.07) is 7.52. The van der Waals surface area contributed by atoms with Crippen molar-refractivity contribution in [3.05, 3.63) is 30.5 Å². The number of aliphatic hydroxyl groups excluding tert-OH is 3. The molecule has 1 fully saturated rings. The quantitative estimate of drug-likeness (QED) is 0.678. The van der Waals surface area contributed by atoms with Crippen molar-refractivity contribution < 1.29 is 20.1 Å². The number of hydrogen-bond acceptors (Lipinski definition) is 5. The van der Waals surface area contributed by atoms with Gasteiger partial charge < -0.3 is 20.1 Å². The lowest BCUT2D eigenvalue weighted by Gasteiger charge is -2.16. The maximum Gasteiger partial charge on any atom is 0.179 e. The molecule has 6 nitrogen and oxygen atoms in total. The summed E-state index contributed by atoms with van der Waals surface area (Å²) in [6.45, 7) is -0.339. The maximum absolute atomic E-state index is 9.94. The number of benzene rings is 1. The summed E-state index contributed by atoms with van der Waals surface area (Å²) < 4.78 is 6.96. The highest BCUT2D eigenvalue weighted by Gasteiger charge is 2.44. The van der Waals surface area contributed by atoms with Gasteiger partial charge in [-0.1, -0.05) is 18.2 Å². The molecule has 0 unspecified atom stereocenters. The number of aliphatic hydroxyl groups is 3. The van der Waals surface area contributed by atoms with Gasteiger partial charge in [0, 0.05) is 5.39 Å². The van der Waals surface area contributed by atoms with E-state index in [2.05, 4.69) is 5.10 Å². The molecule has 2 heterocycles. The summed E-state index contributed by atoms with van der Waals surface area (Å²) >= 11 is 0. The molecule has 1 saturated heterocycles. The number of ether oxygens (including phenoxy) is 1. The van der Waals surface area contributed by atoms with Crippen molar-refractivity contribution in [2.24, 2.45) is 0 Å². The molecule has 0 bridgehead atoms. The number of hydrogen-bond donors (Lipinski definition) is 3. The Labute approximate surface area is 103 Å². The molecule has 0 saturated carbocycles. The van der Waals surface area contributed by atoms with E-state index >= 15 is 0 Å². The van der Waals surface area contributed by atoms with Crippen LogP contribution in [-0.4, -0.2) is 50.0 Å². The minimum atomic E-state index is -1.11. The highest BCUT2D eigenvalue weighted by Crippen LogP contribution is 2.31. The molecule has 2 aromatic rings. The van der Waals surface area contributed by atoms with Crippen LogP contribution in [0.3, 0.4) is 0 Å². The van der Waals surface area contributed by atoms with Crippen molar-refractivity contribution in [3.8, 4) is 0 Å². The second-order valence-corrected chi connectivity index (χ2v) is 4.38. The molecule has 0 spiro atoms. The van der Waals surface area contributed by atoms with E-state index in [0.717, 1.165) is 10.9 Å². The molecule has 0 aliphatic carbocycles. The van der Waals surface area contributed by atoms with Gasteiger partial charge in [0.1, 0.15) is 18.3 Å². The van der Waals surface area contributed by atoms with Gasteiger partial charge in [-0.3, -0.25) is 0 Å². The summed E-state index contributed by atoms with van der Waals surface area (Å²) in [4.78, 5) is 0. The van der Waals surface area contributed by atoms with Gasteiger partial charge in [0.25, 0.3) is 0 Å². The van der Waals surface area contributed by atoms with Gasteiger partial charge in [-0.05, 0) is 6.07 Å². The largest absolute Gasteiger partial charge is 0.394 e. The molecule has 0 radical (unpaired) electrons. The molecule has 1 aromatic carbocycles. The Kier molecular flexibility index (Phi) is 2.79. The second kappa shape index (κ2) is 4.33. The molecule has 3 N–H and O–H groups in total. The van der Waals surface area contributed by atoms with Crippen LogP contribution in [0.4, 0.5) is 0 Å². The van der Waals surface area contributed by atoms with Crippen LogP contribution in [0.1, 0.15) is 6.23 Å². The summed E-state index contributed by atoms with van der Waals surface area (Å²) in [7, 11) is 0. The third kappa shape index (κ3) is 1.62. The molecule has 6 heteroatoms. The lowest BCUT2D eigenvalue weighted by atomic mass is 10.1. The topological polar surface area (TPSA) is 87.7 Å². The Morgan fingerprint density at radius 3 is 2.72 bits per heavy atom. The van der Waals surface area contributed by atoms with Crippen LogP contribution in [-0.2, 0) is 4.74 Å². The summed E-state index contributed by atoms with van der Waals surface area (Å²) in [5.41, 5.74) is 0.812. The number of nitrogens with zero attached hydrogens (tertiary/aromatic N) is 2. The first-order chi connectivity index (χ1) is 8.72. The van der Waals surface area contributed by atoms with Crippen LogP contribution in [0.25, 0.3) is 10.9 Å². The zero-order valence-corrected chi connectivity index (χ0v) is 9.55. The van der Waals surface area contributed by atoms with Crippen molar-refractivity contribution >= 4 is 10.9 Å². The van der Waals surface area contributed by atoms with Crippen LogP contribution < -0.4 is 0 Å². The number of para-hydroxylation sites is 1. The van der Waals surface area contributed by atoms with Crippen molar-refractivity contribution in [1.29, 1.82) is 0 Å². The van der Waals surface area contributed by atoms with Gasteiger partial charge in [0.15, 0.2) is 6.23 Å². The average molecular weight is 250 g/mol. The van der Waals surface area contributed by atoms with Gasteiger partial charge in [0.2, 0.25) is 0 Å². The molecule has 1 aromatic heterocycles. The standard InChI is InChI=1S/C12H14N2O4/c15-6-9-10(16)11(17)12(18-9)14-8-4-2-1-3-7(8)5-13-14/h1-5,9-12,15-17H,6H2/t9-,10-,11-,12-/m1/s1. The van der Waals surface area contributed by atoms with E-state index in [4.69, 9.17) is 9.84 Å². The fourth-order valence-corrected chi connectivity index (χ4v) is 2.28.